The largest absolute Gasteiger partial charge is 0.485 e. The molecule has 5 rings (SSSR count). The number of ether oxygens (including phenoxy) is 4. The van der Waals surface area contributed by atoms with Gasteiger partial charge in [0.05, 0.1) is 24.8 Å². The molecular weight excluding hydrogens is 624 g/mol. The molecule has 2 aromatic heterocycles. The quantitative estimate of drug-likeness (QED) is 0.147. The first kappa shape index (κ1) is 33.4. The van der Waals surface area contributed by atoms with Crippen LogP contribution in [0, 0.1) is 23.0 Å². The van der Waals surface area contributed by atoms with Crippen molar-refractivity contribution in [3.05, 3.63) is 108 Å². The van der Waals surface area contributed by atoms with E-state index >= 15 is 8.78 Å². The molecule has 48 heavy (non-hydrogen) atoms. The van der Waals surface area contributed by atoms with Crippen molar-refractivity contribution in [3.8, 4) is 46.5 Å². The number of hydrogen-bond acceptors (Lipinski definition) is 10. The van der Waals surface area contributed by atoms with Crippen LogP contribution in [0.5, 0.6) is 29.0 Å². The Kier molecular flexibility index (Phi) is 10.5. The Bertz CT molecular complexity index is 1950. The van der Waals surface area contributed by atoms with Crippen LogP contribution in [0.25, 0.3) is 11.4 Å². The summed E-state index contributed by atoms with van der Waals surface area (Å²) < 4.78 is 57.0. The number of carbonyl (C=O) groups is 1. The van der Waals surface area contributed by atoms with Crippen LogP contribution in [0.4, 0.5) is 14.5 Å². The second kappa shape index (κ2) is 15.1. The standard InChI is InChI=1S/C35H31F2N5O6/c1-4-45-35(44)26(20-43)42(3)31-29(36)33(47-25-12-8-11-24(18-25)32-39-15-16-41(32)2)40-34(30(31)37)48-28-17-23(19-38)13-14-27(28)46-21-22-9-6-5-7-10-22/h5-18,26,43H,4,20-21H2,1-3H3. The van der Waals surface area contributed by atoms with E-state index < -0.39 is 47.7 Å². The summed E-state index contributed by atoms with van der Waals surface area (Å²) in [6, 6.07) is 20.6. The molecule has 1 N–H and O–H groups in total. The predicted octanol–water partition coefficient (Wildman–Crippen LogP) is 6.16. The van der Waals surface area contributed by atoms with Crippen molar-refractivity contribution in [2.24, 2.45) is 7.05 Å². The number of carbonyl (C=O) groups excluding carboxylic acids is 1. The fourth-order valence-corrected chi connectivity index (χ4v) is 4.75. The predicted molar refractivity (Wildman–Crippen MR) is 171 cm³/mol. The SMILES string of the molecule is CCOC(=O)C(CO)N(C)c1c(F)c(Oc2cccc(-c3nccn3C)c2)nc(Oc2cc(C#N)ccc2OCc2ccccc2)c1F. The van der Waals surface area contributed by atoms with Gasteiger partial charge in [0.15, 0.2) is 17.5 Å². The number of nitrogens with zero attached hydrogens (tertiary/aromatic N) is 5. The third-order valence-corrected chi connectivity index (χ3v) is 7.19. The zero-order valence-electron chi connectivity index (χ0n) is 26.3. The molecule has 0 saturated carbocycles. The van der Waals surface area contributed by atoms with Crippen LogP contribution in [0.15, 0.2) is 85.2 Å². The fourth-order valence-electron chi connectivity index (χ4n) is 4.75. The molecule has 0 aliphatic rings. The molecule has 2 heterocycles. The maximum atomic E-state index is 16.3. The van der Waals surface area contributed by atoms with E-state index in [4.69, 9.17) is 18.9 Å². The molecule has 0 radical (unpaired) electrons. The lowest BCUT2D eigenvalue weighted by Crippen LogP contribution is -2.43. The molecule has 0 aliphatic carbocycles. The van der Waals surface area contributed by atoms with Crippen LogP contribution in [0.2, 0.25) is 0 Å². The number of benzene rings is 3. The van der Waals surface area contributed by atoms with E-state index in [9.17, 15) is 15.2 Å². The molecule has 246 valence electrons. The number of aliphatic hydroxyl groups is 1. The molecule has 0 spiro atoms. The van der Waals surface area contributed by atoms with E-state index in [2.05, 4.69) is 9.97 Å². The number of hydrogen-bond donors (Lipinski definition) is 1. The fraction of sp³-hybridized carbons (Fsp3) is 0.200. The first-order chi connectivity index (χ1) is 23.2. The van der Waals surface area contributed by atoms with Crippen LogP contribution in [0.3, 0.4) is 0 Å². The van der Waals surface area contributed by atoms with E-state index in [0.29, 0.717) is 11.4 Å². The van der Waals surface area contributed by atoms with E-state index in [1.54, 1.807) is 48.1 Å². The van der Waals surface area contributed by atoms with Gasteiger partial charge in [-0.05, 0) is 36.8 Å². The molecule has 0 bridgehead atoms. The van der Waals surface area contributed by atoms with Gasteiger partial charge in [0.2, 0.25) is 11.6 Å². The van der Waals surface area contributed by atoms with Gasteiger partial charge in [-0.1, -0.05) is 42.5 Å². The highest BCUT2D eigenvalue weighted by Gasteiger charge is 2.33. The zero-order valence-corrected chi connectivity index (χ0v) is 26.3. The van der Waals surface area contributed by atoms with Gasteiger partial charge >= 0.3 is 5.97 Å². The summed E-state index contributed by atoms with van der Waals surface area (Å²) in [5.74, 6) is -4.17. The van der Waals surface area contributed by atoms with Crippen LogP contribution < -0.4 is 19.1 Å². The highest BCUT2D eigenvalue weighted by Crippen LogP contribution is 2.41. The first-order valence-corrected chi connectivity index (χ1v) is 14.8. The van der Waals surface area contributed by atoms with Crippen LogP contribution in [-0.2, 0) is 23.2 Å². The molecule has 0 saturated heterocycles. The zero-order chi connectivity index (χ0) is 34.2. The van der Waals surface area contributed by atoms with Crippen molar-refractivity contribution in [1.82, 2.24) is 14.5 Å². The Labute approximate surface area is 275 Å². The molecule has 5 aromatic rings. The third kappa shape index (κ3) is 7.35. The van der Waals surface area contributed by atoms with Gasteiger partial charge in [-0.3, -0.25) is 0 Å². The lowest BCUT2D eigenvalue weighted by atomic mass is 10.2. The second-order valence-electron chi connectivity index (χ2n) is 10.4. The molecule has 0 amide bonds. The minimum Gasteiger partial charge on any atom is -0.485 e. The van der Waals surface area contributed by atoms with Gasteiger partial charge in [-0.15, -0.1) is 0 Å². The summed E-state index contributed by atoms with van der Waals surface area (Å²) in [5, 5.41) is 19.6. The molecule has 1 atom stereocenters. The first-order valence-electron chi connectivity index (χ1n) is 14.8. The van der Waals surface area contributed by atoms with E-state index in [-0.39, 0.29) is 36.0 Å². The van der Waals surface area contributed by atoms with Crippen LogP contribution in [-0.4, -0.2) is 51.9 Å². The molecular formula is C35H31F2N5O6. The van der Waals surface area contributed by atoms with Crippen molar-refractivity contribution in [2.45, 2.75) is 19.6 Å². The number of anilines is 1. The number of pyridine rings is 1. The van der Waals surface area contributed by atoms with Crippen LogP contribution in [0.1, 0.15) is 18.1 Å². The molecule has 1 unspecified atom stereocenters. The maximum absolute atomic E-state index is 16.3. The Hall–Kier alpha value is -6.00. The van der Waals surface area contributed by atoms with Crippen molar-refractivity contribution in [3.63, 3.8) is 0 Å². The smallest absolute Gasteiger partial charge is 0.331 e. The number of halogens is 2. The number of imidazole rings is 1. The number of esters is 1. The van der Waals surface area contributed by atoms with Gasteiger partial charge in [0.1, 0.15) is 23.9 Å². The summed E-state index contributed by atoms with van der Waals surface area (Å²) in [5.41, 5.74) is 0.862. The highest BCUT2D eigenvalue weighted by atomic mass is 19.1. The van der Waals surface area contributed by atoms with Gasteiger partial charge in [0.25, 0.3) is 11.8 Å². The van der Waals surface area contributed by atoms with E-state index in [1.807, 2.05) is 43.4 Å². The number of aromatic nitrogens is 3. The third-order valence-electron chi connectivity index (χ3n) is 7.19. The number of rotatable bonds is 13. The minimum absolute atomic E-state index is 0.0272. The maximum Gasteiger partial charge on any atom is 0.331 e. The van der Waals surface area contributed by atoms with Gasteiger partial charge in [0, 0.05) is 38.1 Å². The van der Waals surface area contributed by atoms with Crippen LogP contribution >= 0.6 is 0 Å². The topological polar surface area (TPSA) is 132 Å². The molecule has 11 nitrogen and oxygen atoms in total. The monoisotopic (exact) mass is 655 g/mol. The number of nitriles is 1. The summed E-state index contributed by atoms with van der Waals surface area (Å²) in [4.78, 5) is 21.9. The summed E-state index contributed by atoms with van der Waals surface area (Å²) in [7, 11) is 3.02. The number of aryl methyl sites for hydroxylation is 1. The molecule has 3 aromatic carbocycles. The highest BCUT2D eigenvalue weighted by molar-refractivity contribution is 5.80. The normalized spacial score (nSPS) is 11.4. The van der Waals surface area contributed by atoms with Crippen molar-refractivity contribution in [2.75, 3.05) is 25.2 Å². The van der Waals surface area contributed by atoms with Crippen molar-refractivity contribution in [1.29, 1.82) is 5.26 Å². The van der Waals surface area contributed by atoms with E-state index in [0.717, 1.165) is 10.5 Å². The van der Waals surface area contributed by atoms with Gasteiger partial charge in [-0.2, -0.15) is 19.0 Å². The average molecular weight is 656 g/mol. The van der Waals surface area contributed by atoms with Crippen molar-refractivity contribution >= 4 is 11.7 Å². The van der Waals surface area contributed by atoms with Gasteiger partial charge < -0.3 is 33.5 Å². The lowest BCUT2D eigenvalue weighted by Gasteiger charge is -2.28. The second-order valence-corrected chi connectivity index (χ2v) is 10.4. The number of aliphatic hydroxyl groups excluding tert-OH is 1. The van der Waals surface area contributed by atoms with Crippen molar-refractivity contribution < 1.29 is 37.6 Å². The molecule has 13 heteroatoms. The summed E-state index contributed by atoms with van der Waals surface area (Å²) in [6.07, 6.45) is 3.38. The minimum atomic E-state index is -1.49. The average Bonchev–Trinajstić information content (AvgIpc) is 3.53. The Morgan fingerprint density at radius 1 is 1.02 bits per heavy atom. The Balaban J connectivity index is 1.59. The number of likely N-dealkylation sites (N-methyl/N-ethyl adjacent to an activating group) is 1. The Morgan fingerprint density at radius 2 is 1.77 bits per heavy atom. The van der Waals surface area contributed by atoms with Gasteiger partial charge in [-0.25, -0.2) is 9.78 Å². The molecule has 0 aliphatic heterocycles. The molecule has 0 fully saturated rings. The summed E-state index contributed by atoms with van der Waals surface area (Å²) >= 11 is 0. The Morgan fingerprint density at radius 3 is 2.44 bits per heavy atom. The van der Waals surface area contributed by atoms with E-state index in [1.165, 1.54) is 25.2 Å². The lowest BCUT2D eigenvalue weighted by molar-refractivity contribution is -0.145. The summed E-state index contributed by atoms with van der Waals surface area (Å²) in [6.45, 7) is 0.829.